The number of benzene rings is 2. The van der Waals surface area contributed by atoms with Crippen molar-refractivity contribution in [1.82, 2.24) is 0 Å². The molecule has 1 aliphatic rings. The summed E-state index contributed by atoms with van der Waals surface area (Å²) in [5, 5.41) is 7.99. The average Bonchev–Trinajstić information content (AvgIpc) is 3.05. The van der Waals surface area contributed by atoms with Crippen LogP contribution in [0.25, 0.3) is 5.57 Å². The standard InChI is InChI=1S/C20H18O6S/c1-25-14-4-7-16(8-5-14)27(23,24)19-11-13(3-10-20(21)22)18-12-15(26-2)6-9-17(18)19/h3-12,19H,1-2H3,(H,21,22). The molecule has 1 atom stereocenters. The van der Waals surface area contributed by atoms with E-state index in [-0.39, 0.29) is 4.90 Å². The lowest BCUT2D eigenvalue weighted by Gasteiger charge is -2.13. The number of carboxylic acids is 1. The zero-order valence-corrected chi connectivity index (χ0v) is 15.6. The van der Waals surface area contributed by atoms with Crippen LogP contribution in [0.1, 0.15) is 16.4 Å². The van der Waals surface area contributed by atoms with Gasteiger partial charge in [0.2, 0.25) is 0 Å². The van der Waals surface area contributed by atoms with Gasteiger partial charge in [0, 0.05) is 6.08 Å². The molecule has 0 heterocycles. The summed E-state index contributed by atoms with van der Waals surface area (Å²) in [6, 6.07) is 11.3. The Kier molecular flexibility index (Phi) is 5.05. The Balaban J connectivity index is 2.10. The molecule has 27 heavy (non-hydrogen) atoms. The molecule has 3 rings (SSSR count). The number of ether oxygens (including phenoxy) is 2. The molecule has 1 unspecified atom stereocenters. The molecule has 6 nitrogen and oxygen atoms in total. The van der Waals surface area contributed by atoms with E-state index in [1.807, 2.05) is 0 Å². The van der Waals surface area contributed by atoms with Gasteiger partial charge in [-0.1, -0.05) is 12.1 Å². The summed E-state index contributed by atoms with van der Waals surface area (Å²) in [6.07, 6.45) is 3.94. The van der Waals surface area contributed by atoms with Crippen LogP contribution in [0.2, 0.25) is 0 Å². The molecule has 7 heteroatoms. The number of methoxy groups -OCH3 is 2. The monoisotopic (exact) mass is 386 g/mol. The zero-order valence-electron chi connectivity index (χ0n) is 14.7. The molecule has 0 aromatic heterocycles. The van der Waals surface area contributed by atoms with Crippen LogP contribution >= 0.6 is 0 Å². The maximum absolute atomic E-state index is 13.2. The number of hydrogen-bond donors (Lipinski definition) is 1. The molecule has 0 aliphatic heterocycles. The number of fused-ring (bicyclic) bond motifs is 1. The van der Waals surface area contributed by atoms with Crippen LogP contribution in [-0.2, 0) is 14.6 Å². The first kappa shape index (κ1) is 18.7. The highest BCUT2D eigenvalue weighted by Gasteiger charge is 2.34. The van der Waals surface area contributed by atoms with Gasteiger partial charge in [0.1, 0.15) is 16.7 Å². The van der Waals surface area contributed by atoms with Gasteiger partial charge in [-0.05, 0) is 59.2 Å². The summed E-state index contributed by atoms with van der Waals surface area (Å²) in [7, 11) is -0.702. The summed E-state index contributed by atoms with van der Waals surface area (Å²) in [4.78, 5) is 11.0. The van der Waals surface area contributed by atoms with Crippen LogP contribution in [0.3, 0.4) is 0 Å². The summed E-state index contributed by atoms with van der Waals surface area (Å²) in [5.41, 5.74) is 1.74. The molecule has 0 fully saturated rings. The van der Waals surface area contributed by atoms with Crippen LogP contribution in [0, 0.1) is 0 Å². The Morgan fingerprint density at radius 2 is 1.67 bits per heavy atom. The van der Waals surface area contributed by atoms with E-state index in [4.69, 9.17) is 14.6 Å². The number of hydrogen-bond acceptors (Lipinski definition) is 5. The van der Waals surface area contributed by atoms with E-state index in [1.165, 1.54) is 32.4 Å². The molecule has 0 saturated carbocycles. The number of sulfone groups is 1. The topological polar surface area (TPSA) is 89.9 Å². The van der Waals surface area contributed by atoms with Gasteiger partial charge in [-0.15, -0.1) is 0 Å². The third kappa shape index (κ3) is 3.59. The van der Waals surface area contributed by atoms with Crippen molar-refractivity contribution in [1.29, 1.82) is 0 Å². The summed E-state index contributed by atoms with van der Waals surface area (Å²) in [6.45, 7) is 0. The lowest BCUT2D eigenvalue weighted by atomic mass is 10.0. The molecule has 0 spiro atoms. The van der Waals surface area contributed by atoms with E-state index < -0.39 is 21.1 Å². The molecule has 0 radical (unpaired) electrons. The van der Waals surface area contributed by atoms with Crippen molar-refractivity contribution < 1.29 is 27.8 Å². The average molecular weight is 386 g/mol. The number of aliphatic carboxylic acids is 1. The Morgan fingerprint density at radius 3 is 2.26 bits per heavy atom. The van der Waals surface area contributed by atoms with Crippen LogP contribution in [0.5, 0.6) is 11.5 Å². The third-order valence-electron chi connectivity index (χ3n) is 4.34. The number of carboxylic acid groups (broad SMARTS) is 1. The summed E-state index contributed by atoms with van der Waals surface area (Å²) >= 11 is 0. The molecule has 0 bridgehead atoms. The molecule has 2 aromatic carbocycles. The molecule has 0 saturated heterocycles. The van der Waals surface area contributed by atoms with E-state index >= 15 is 0 Å². The van der Waals surface area contributed by atoms with E-state index in [1.54, 1.807) is 36.4 Å². The molecular formula is C20H18O6S. The van der Waals surface area contributed by atoms with E-state index in [0.717, 1.165) is 6.08 Å². The Labute approximate surface area is 157 Å². The molecule has 140 valence electrons. The lowest BCUT2D eigenvalue weighted by molar-refractivity contribution is -0.131. The highest BCUT2D eigenvalue weighted by molar-refractivity contribution is 7.91. The Hall–Kier alpha value is -3.06. The number of allylic oxidation sites excluding steroid dienone is 2. The zero-order chi connectivity index (χ0) is 19.6. The molecule has 0 amide bonds. The minimum atomic E-state index is -3.72. The van der Waals surface area contributed by atoms with Crippen LogP contribution in [0.15, 0.2) is 65.6 Å². The summed E-state index contributed by atoms with van der Waals surface area (Å²) in [5.74, 6) is 0.0128. The Bertz CT molecular complexity index is 1030. The highest BCUT2D eigenvalue weighted by atomic mass is 32.2. The first-order valence-electron chi connectivity index (χ1n) is 8.06. The highest BCUT2D eigenvalue weighted by Crippen LogP contribution is 2.43. The van der Waals surface area contributed by atoms with Crippen molar-refractivity contribution in [2.75, 3.05) is 14.2 Å². The van der Waals surface area contributed by atoms with Crippen molar-refractivity contribution in [3.8, 4) is 11.5 Å². The van der Waals surface area contributed by atoms with Crippen LogP contribution < -0.4 is 9.47 Å². The number of rotatable bonds is 6. The second kappa shape index (κ2) is 7.28. The van der Waals surface area contributed by atoms with Gasteiger partial charge in [-0.25, -0.2) is 13.2 Å². The van der Waals surface area contributed by atoms with Crippen LogP contribution in [0.4, 0.5) is 0 Å². The van der Waals surface area contributed by atoms with Gasteiger partial charge < -0.3 is 14.6 Å². The lowest BCUT2D eigenvalue weighted by Crippen LogP contribution is -2.10. The van der Waals surface area contributed by atoms with Crippen molar-refractivity contribution >= 4 is 21.4 Å². The van der Waals surface area contributed by atoms with Crippen molar-refractivity contribution in [2.45, 2.75) is 10.1 Å². The van der Waals surface area contributed by atoms with Crippen molar-refractivity contribution in [2.24, 2.45) is 0 Å². The third-order valence-corrected chi connectivity index (χ3v) is 6.32. The predicted octanol–water partition coefficient (Wildman–Crippen LogP) is 3.26. The maximum Gasteiger partial charge on any atom is 0.328 e. The minimum Gasteiger partial charge on any atom is -0.497 e. The fourth-order valence-corrected chi connectivity index (χ4v) is 4.65. The van der Waals surface area contributed by atoms with E-state index in [9.17, 15) is 13.2 Å². The second-order valence-corrected chi connectivity index (χ2v) is 7.96. The van der Waals surface area contributed by atoms with Gasteiger partial charge in [-0.3, -0.25) is 0 Å². The number of carbonyl (C=O) groups is 1. The molecule has 2 aromatic rings. The van der Waals surface area contributed by atoms with E-state index in [0.29, 0.717) is 28.2 Å². The van der Waals surface area contributed by atoms with Gasteiger partial charge in [0.15, 0.2) is 9.84 Å². The first-order chi connectivity index (χ1) is 12.9. The van der Waals surface area contributed by atoms with Crippen LogP contribution in [-0.4, -0.2) is 33.7 Å². The summed E-state index contributed by atoms with van der Waals surface area (Å²) < 4.78 is 36.6. The van der Waals surface area contributed by atoms with Crippen molar-refractivity contribution in [3.05, 3.63) is 71.8 Å². The van der Waals surface area contributed by atoms with Gasteiger partial charge in [-0.2, -0.15) is 0 Å². The predicted molar refractivity (Wildman–Crippen MR) is 101 cm³/mol. The van der Waals surface area contributed by atoms with E-state index in [2.05, 4.69) is 0 Å². The first-order valence-corrected chi connectivity index (χ1v) is 9.60. The normalized spacial score (nSPS) is 16.1. The van der Waals surface area contributed by atoms with Gasteiger partial charge in [0.25, 0.3) is 0 Å². The second-order valence-electron chi connectivity index (χ2n) is 5.89. The largest absolute Gasteiger partial charge is 0.497 e. The van der Waals surface area contributed by atoms with Gasteiger partial charge in [0.05, 0.1) is 19.1 Å². The molecular weight excluding hydrogens is 368 g/mol. The minimum absolute atomic E-state index is 0.162. The fourth-order valence-electron chi connectivity index (χ4n) is 2.98. The Morgan fingerprint density at radius 1 is 1.04 bits per heavy atom. The maximum atomic E-state index is 13.2. The van der Waals surface area contributed by atoms with Gasteiger partial charge >= 0.3 is 5.97 Å². The van der Waals surface area contributed by atoms with Crippen molar-refractivity contribution in [3.63, 3.8) is 0 Å². The molecule has 1 N–H and O–H groups in total. The quantitative estimate of drug-likeness (QED) is 0.767. The molecule has 1 aliphatic carbocycles. The smallest absolute Gasteiger partial charge is 0.328 e. The SMILES string of the molecule is COc1ccc(S(=O)(=O)C2C=C(C=CC(=O)O)c3cc(OC)ccc32)cc1. The fraction of sp³-hybridized carbons (Fsp3) is 0.150.